The Morgan fingerprint density at radius 1 is 1.33 bits per heavy atom. The van der Waals surface area contributed by atoms with Gasteiger partial charge in [0, 0.05) is 19.6 Å². The van der Waals surface area contributed by atoms with Crippen LogP contribution < -0.4 is 16.6 Å². The summed E-state index contributed by atoms with van der Waals surface area (Å²) in [7, 11) is 1.58. The van der Waals surface area contributed by atoms with Gasteiger partial charge in [0.25, 0.3) is 5.56 Å². The molecule has 0 saturated carbocycles. The molecule has 1 aromatic carbocycles. The maximum absolute atomic E-state index is 12.5. The van der Waals surface area contributed by atoms with Gasteiger partial charge in [-0.25, -0.2) is 4.79 Å². The first-order chi connectivity index (χ1) is 10.1. The molecule has 1 unspecified atom stereocenters. The number of nitrogens with zero attached hydrogens (tertiary/aromatic N) is 2. The van der Waals surface area contributed by atoms with Gasteiger partial charge in [0.2, 0.25) is 0 Å². The fraction of sp³-hybridized carbons (Fsp3) is 0.467. The quantitative estimate of drug-likeness (QED) is 0.846. The Labute approximate surface area is 121 Å². The fourth-order valence-electron chi connectivity index (χ4n) is 3.03. The first-order valence-corrected chi connectivity index (χ1v) is 7.24. The highest BCUT2D eigenvalue weighted by Crippen LogP contribution is 2.19. The van der Waals surface area contributed by atoms with Crippen LogP contribution in [0.15, 0.2) is 27.8 Å². The molecule has 21 heavy (non-hydrogen) atoms. The molecule has 2 heterocycles. The van der Waals surface area contributed by atoms with Gasteiger partial charge in [0.05, 0.1) is 10.9 Å². The third-order valence-corrected chi connectivity index (χ3v) is 4.16. The van der Waals surface area contributed by atoms with Crippen LogP contribution in [-0.4, -0.2) is 26.8 Å². The number of phenols is 1. The Bertz CT molecular complexity index is 785. The molecule has 1 atom stereocenters. The number of aryl methyl sites for hydroxylation is 1. The molecule has 112 valence electrons. The second-order valence-electron chi connectivity index (χ2n) is 5.58. The Morgan fingerprint density at radius 2 is 2.14 bits per heavy atom. The minimum absolute atomic E-state index is 0.0489. The smallest absolute Gasteiger partial charge is 0.331 e. The highest BCUT2D eigenvalue weighted by Gasteiger charge is 2.18. The second kappa shape index (κ2) is 5.37. The maximum atomic E-state index is 12.5. The first-order valence-electron chi connectivity index (χ1n) is 7.24. The molecular weight excluding hydrogens is 270 g/mol. The van der Waals surface area contributed by atoms with E-state index in [1.165, 1.54) is 15.2 Å². The van der Waals surface area contributed by atoms with E-state index in [4.69, 9.17) is 0 Å². The van der Waals surface area contributed by atoms with Gasteiger partial charge in [-0.05, 0) is 31.5 Å². The van der Waals surface area contributed by atoms with E-state index < -0.39 is 0 Å². The zero-order valence-corrected chi connectivity index (χ0v) is 12.0. The summed E-state index contributed by atoms with van der Waals surface area (Å²) in [5.74, 6) is -0.0489. The van der Waals surface area contributed by atoms with Crippen LogP contribution in [0.3, 0.4) is 0 Å². The van der Waals surface area contributed by atoms with Crippen LogP contribution in [0.5, 0.6) is 5.75 Å². The van der Waals surface area contributed by atoms with Gasteiger partial charge >= 0.3 is 5.69 Å². The number of para-hydroxylation sites is 1. The summed E-state index contributed by atoms with van der Waals surface area (Å²) < 4.78 is 2.61. The molecule has 0 bridgehead atoms. The lowest BCUT2D eigenvalue weighted by Crippen LogP contribution is -2.46. The van der Waals surface area contributed by atoms with Gasteiger partial charge in [-0.1, -0.05) is 12.5 Å². The molecule has 1 aliphatic heterocycles. The van der Waals surface area contributed by atoms with Crippen molar-refractivity contribution < 1.29 is 5.11 Å². The van der Waals surface area contributed by atoms with E-state index in [-0.39, 0.29) is 23.0 Å². The number of piperidine rings is 1. The number of hydrogen-bond acceptors (Lipinski definition) is 4. The molecule has 0 spiro atoms. The highest BCUT2D eigenvalue weighted by atomic mass is 16.3. The lowest BCUT2D eigenvalue weighted by Gasteiger charge is -2.24. The number of aromatic hydroxyl groups is 1. The number of fused-ring (bicyclic) bond motifs is 1. The van der Waals surface area contributed by atoms with Crippen molar-refractivity contribution >= 4 is 10.9 Å². The molecular formula is C15H19N3O3. The van der Waals surface area contributed by atoms with E-state index in [0.717, 1.165) is 25.8 Å². The zero-order valence-electron chi connectivity index (χ0n) is 12.0. The van der Waals surface area contributed by atoms with Gasteiger partial charge in [-0.15, -0.1) is 0 Å². The molecule has 1 aliphatic rings. The van der Waals surface area contributed by atoms with Crippen LogP contribution in [-0.2, 0) is 13.6 Å². The average molecular weight is 289 g/mol. The Balaban J connectivity index is 2.15. The van der Waals surface area contributed by atoms with Gasteiger partial charge < -0.3 is 10.4 Å². The van der Waals surface area contributed by atoms with Gasteiger partial charge in [0.1, 0.15) is 5.75 Å². The molecule has 0 amide bonds. The van der Waals surface area contributed by atoms with Gasteiger partial charge in [-0.3, -0.25) is 13.9 Å². The molecule has 0 radical (unpaired) electrons. The normalized spacial score (nSPS) is 19.0. The van der Waals surface area contributed by atoms with Crippen molar-refractivity contribution in [3.8, 4) is 5.75 Å². The van der Waals surface area contributed by atoms with Crippen LogP contribution in [0.25, 0.3) is 10.9 Å². The summed E-state index contributed by atoms with van der Waals surface area (Å²) in [6.45, 7) is 1.30. The number of nitrogens with one attached hydrogen (secondary N) is 1. The predicted molar refractivity (Wildman–Crippen MR) is 80.8 cm³/mol. The van der Waals surface area contributed by atoms with Crippen LogP contribution >= 0.6 is 0 Å². The molecule has 3 rings (SSSR count). The summed E-state index contributed by atoms with van der Waals surface area (Å²) in [4.78, 5) is 25.0. The minimum atomic E-state index is -0.388. The van der Waals surface area contributed by atoms with E-state index in [9.17, 15) is 14.7 Å². The Hall–Kier alpha value is -2.08. The van der Waals surface area contributed by atoms with Crippen molar-refractivity contribution in [3.05, 3.63) is 39.0 Å². The van der Waals surface area contributed by atoms with E-state index in [0.29, 0.717) is 17.4 Å². The standard InChI is InChI=1S/C15H19N3O3/c1-17-13-11(6-4-7-12(13)19)14(20)18(15(17)21)9-10-5-2-3-8-16-10/h4,6-7,10,16,19H,2-3,5,8-9H2,1H3. The summed E-state index contributed by atoms with van der Waals surface area (Å²) in [6.07, 6.45) is 3.21. The lowest BCUT2D eigenvalue weighted by molar-refractivity contribution is 0.353. The summed E-state index contributed by atoms with van der Waals surface area (Å²) >= 11 is 0. The van der Waals surface area contributed by atoms with E-state index >= 15 is 0 Å². The summed E-state index contributed by atoms with van der Waals surface area (Å²) in [6, 6.07) is 4.89. The molecule has 1 fully saturated rings. The van der Waals surface area contributed by atoms with Gasteiger partial charge in [0.15, 0.2) is 0 Å². The van der Waals surface area contributed by atoms with Crippen molar-refractivity contribution in [2.45, 2.75) is 31.8 Å². The molecule has 0 aliphatic carbocycles. The third-order valence-electron chi connectivity index (χ3n) is 4.16. The van der Waals surface area contributed by atoms with Gasteiger partial charge in [-0.2, -0.15) is 0 Å². The minimum Gasteiger partial charge on any atom is -0.506 e. The number of hydrogen-bond donors (Lipinski definition) is 2. The summed E-state index contributed by atoms with van der Waals surface area (Å²) in [5, 5.41) is 13.6. The molecule has 1 saturated heterocycles. The maximum Gasteiger partial charge on any atom is 0.331 e. The van der Waals surface area contributed by atoms with Crippen LogP contribution in [0.4, 0.5) is 0 Å². The second-order valence-corrected chi connectivity index (χ2v) is 5.58. The third kappa shape index (κ3) is 2.35. The summed E-state index contributed by atoms with van der Waals surface area (Å²) in [5.41, 5.74) is -0.432. The molecule has 6 nitrogen and oxygen atoms in total. The van der Waals surface area contributed by atoms with Crippen molar-refractivity contribution in [1.82, 2.24) is 14.5 Å². The van der Waals surface area contributed by atoms with Crippen molar-refractivity contribution in [1.29, 1.82) is 0 Å². The van der Waals surface area contributed by atoms with Crippen molar-refractivity contribution in [2.75, 3.05) is 6.54 Å². The Kier molecular flexibility index (Phi) is 3.55. The van der Waals surface area contributed by atoms with Crippen LogP contribution in [0.1, 0.15) is 19.3 Å². The van der Waals surface area contributed by atoms with Crippen LogP contribution in [0.2, 0.25) is 0 Å². The van der Waals surface area contributed by atoms with E-state index in [1.807, 2.05) is 0 Å². The fourth-order valence-corrected chi connectivity index (χ4v) is 3.03. The molecule has 1 aromatic heterocycles. The average Bonchev–Trinajstić information content (AvgIpc) is 2.50. The SMILES string of the molecule is Cn1c(=O)n(CC2CCCCN2)c(=O)c2cccc(O)c21. The highest BCUT2D eigenvalue weighted by molar-refractivity contribution is 5.83. The first kappa shape index (κ1) is 13.9. The predicted octanol–water partition coefficient (Wildman–Crippen LogP) is 0.548. The van der Waals surface area contributed by atoms with Crippen molar-refractivity contribution in [2.24, 2.45) is 7.05 Å². The van der Waals surface area contributed by atoms with Crippen molar-refractivity contribution in [3.63, 3.8) is 0 Å². The Morgan fingerprint density at radius 3 is 2.86 bits per heavy atom. The molecule has 2 aromatic rings. The monoisotopic (exact) mass is 289 g/mol. The number of benzene rings is 1. The largest absolute Gasteiger partial charge is 0.506 e. The van der Waals surface area contributed by atoms with E-state index in [2.05, 4.69) is 5.32 Å². The van der Waals surface area contributed by atoms with E-state index in [1.54, 1.807) is 19.2 Å². The molecule has 2 N–H and O–H groups in total. The number of phenolic OH excluding ortho intramolecular Hbond substituents is 1. The number of rotatable bonds is 2. The number of aromatic nitrogens is 2. The molecule has 6 heteroatoms. The van der Waals surface area contributed by atoms with Crippen LogP contribution in [0, 0.1) is 0 Å². The topological polar surface area (TPSA) is 76.3 Å². The lowest BCUT2D eigenvalue weighted by atomic mass is 10.1. The zero-order chi connectivity index (χ0) is 15.0.